The van der Waals surface area contributed by atoms with Gasteiger partial charge in [0.05, 0.1) is 12.2 Å². The van der Waals surface area contributed by atoms with Crippen molar-refractivity contribution in [3.63, 3.8) is 0 Å². The predicted molar refractivity (Wildman–Crippen MR) is 107 cm³/mol. The maximum Gasteiger partial charge on any atom is 0.160 e. The molecule has 0 saturated heterocycles. The lowest BCUT2D eigenvalue weighted by Gasteiger charge is -2.14. The van der Waals surface area contributed by atoms with Gasteiger partial charge in [0.1, 0.15) is 11.3 Å². The molecule has 2 aromatic carbocycles. The Hall–Kier alpha value is -3.08. The minimum atomic E-state index is -0.283. The van der Waals surface area contributed by atoms with E-state index in [0.29, 0.717) is 47.1 Å². The largest absolute Gasteiger partial charge is 0.491 e. The Labute approximate surface area is 163 Å². The third-order valence-corrected chi connectivity index (χ3v) is 4.58. The van der Waals surface area contributed by atoms with Crippen LogP contribution in [0.2, 0.25) is 0 Å². The molecular weight excluding hydrogens is 357 g/mol. The summed E-state index contributed by atoms with van der Waals surface area (Å²) >= 11 is 0. The molecule has 0 fully saturated rings. The second-order valence-electron chi connectivity index (χ2n) is 6.76. The van der Waals surface area contributed by atoms with E-state index in [2.05, 4.69) is 11.9 Å². The second-order valence-corrected chi connectivity index (χ2v) is 6.76. The van der Waals surface area contributed by atoms with Gasteiger partial charge in [0.2, 0.25) is 0 Å². The molecule has 0 spiro atoms. The van der Waals surface area contributed by atoms with Crippen molar-refractivity contribution in [1.29, 1.82) is 0 Å². The van der Waals surface area contributed by atoms with E-state index in [9.17, 15) is 14.0 Å². The van der Waals surface area contributed by atoms with E-state index in [1.165, 1.54) is 19.1 Å². The summed E-state index contributed by atoms with van der Waals surface area (Å²) in [6.45, 7) is 4.00. The highest BCUT2D eigenvalue weighted by Gasteiger charge is 2.17. The first-order chi connectivity index (χ1) is 13.5. The van der Waals surface area contributed by atoms with E-state index in [0.717, 1.165) is 24.0 Å². The second kappa shape index (κ2) is 8.74. The van der Waals surface area contributed by atoms with Gasteiger partial charge in [-0.15, -0.1) is 0 Å². The van der Waals surface area contributed by atoms with Gasteiger partial charge in [0.15, 0.2) is 17.8 Å². The molecular formula is C23H22FNO3. The number of ether oxygens (including phenoxy) is 1. The van der Waals surface area contributed by atoms with Crippen LogP contribution in [0.5, 0.6) is 5.75 Å². The molecule has 0 unspecified atom stereocenters. The minimum Gasteiger partial charge on any atom is -0.491 e. The Balaban J connectivity index is 2.09. The molecule has 0 radical (unpaired) electrons. The maximum atomic E-state index is 13.1. The number of rotatable bonds is 8. The summed E-state index contributed by atoms with van der Waals surface area (Å²) in [6, 6.07) is 9.74. The molecule has 0 aliphatic carbocycles. The quantitative estimate of drug-likeness (QED) is 0.308. The van der Waals surface area contributed by atoms with Gasteiger partial charge < -0.3 is 4.74 Å². The van der Waals surface area contributed by atoms with Crippen LogP contribution in [0.4, 0.5) is 4.39 Å². The lowest BCUT2D eigenvalue weighted by molar-refractivity contribution is 0.101. The average molecular weight is 379 g/mol. The highest BCUT2D eigenvalue weighted by atomic mass is 19.1. The van der Waals surface area contributed by atoms with Crippen LogP contribution in [0.15, 0.2) is 42.6 Å². The summed E-state index contributed by atoms with van der Waals surface area (Å²) in [5, 5.41) is 0.657. The number of hydrogen-bond donors (Lipinski definition) is 0. The van der Waals surface area contributed by atoms with Gasteiger partial charge in [-0.2, -0.15) is 0 Å². The van der Waals surface area contributed by atoms with E-state index in [4.69, 9.17) is 4.74 Å². The standard InChI is InChI=1S/C23H22FNO3/c1-3-4-9-28-23-18(14-26)12-20(15(2)27)21-11-17(13-25-22(21)23)10-16-5-7-19(24)8-6-16/h5-8,11-14H,3-4,9-10H2,1-2H3. The lowest BCUT2D eigenvalue weighted by atomic mass is 9.98. The fraction of sp³-hybridized carbons (Fsp3) is 0.261. The van der Waals surface area contributed by atoms with Gasteiger partial charge in [-0.3, -0.25) is 14.6 Å². The summed E-state index contributed by atoms with van der Waals surface area (Å²) in [7, 11) is 0. The number of nitrogens with zero attached hydrogens (tertiary/aromatic N) is 1. The first kappa shape index (κ1) is 19.7. The number of aromatic nitrogens is 1. The highest BCUT2D eigenvalue weighted by Crippen LogP contribution is 2.32. The van der Waals surface area contributed by atoms with Crippen LogP contribution in [0.3, 0.4) is 0 Å². The Morgan fingerprint density at radius 1 is 1.18 bits per heavy atom. The van der Waals surface area contributed by atoms with Crippen LogP contribution < -0.4 is 4.74 Å². The van der Waals surface area contributed by atoms with E-state index in [-0.39, 0.29) is 11.6 Å². The third kappa shape index (κ3) is 4.25. The molecule has 0 amide bonds. The smallest absolute Gasteiger partial charge is 0.160 e. The van der Waals surface area contributed by atoms with Crippen molar-refractivity contribution in [3.05, 3.63) is 70.7 Å². The van der Waals surface area contributed by atoms with Crippen molar-refractivity contribution in [2.75, 3.05) is 6.61 Å². The first-order valence-corrected chi connectivity index (χ1v) is 9.32. The van der Waals surface area contributed by atoms with E-state index in [1.807, 2.05) is 6.07 Å². The van der Waals surface area contributed by atoms with Gasteiger partial charge in [-0.05, 0) is 55.2 Å². The zero-order valence-electron chi connectivity index (χ0n) is 16.0. The number of halogens is 1. The molecule has 0 aliphatic heterocycles. The zero-order valence-corrected chi connectivity index (χ0v) is 16.0. The zero-order chi connectivity index (χ0) is 20.1. The van der Waals surface area contributed by atoms with Crippen LogP contribution in [0.25, 0.3) is 10.9 Å². The van der Waals surface area contributed by atoms with Gasteiger partial charge in [0.25, 0.3) is 0 Å². The number of aldehydes is 1. The number of Topliss-reactive ketones (excluding diaryl/α,β-unsaturated/α-hetero) is 1. The summed E-state index contributed by atoms with van der Waals surface area (Å²) in [5.41, 5.74) is 3.10. The maximum absolute atomic E-state index is 13.1. The predicted octanol–water partition coefficient (Wildman–Crippen LogP) is 5.16. The summed E-state index contributed by atoms with van der Waals surface area (Å²) in [4.78, 5) is 28.3. The van der Waals surface area contributed by atoms with Crippen molar-refractivity contribution >= 4 is 23.0 Å². The van der Waals surface area contributed by atoms with Crippen molar-refractivity contribution in [2.45, 2.75) is 33.1 Å². The Kier molecular flexibility index (Phi) is 6.14. The van der Waals surface area contributed by atoms with Crippen LogP contribution in [0.1, 0.15) is 58.5 Å². The molecule has 0 saturated carbocycles. The molecule has 1 heterocycles. The molecule has 28 heavy (non-hydrogen) atoms. The van der Waals surface area contributed by atoms with E-state index >= 15 is 0 Å². The number of unbranched alkanes of at least 4 members (excludes halogenated alkanes) is 1. The van der Waals surface area contributed by atoms with Crippen molar-refractivity contribution in [1.82, 2.24) is 4.98 Å². The number of carbonyl (C=O) groups is 2. The van der Waals surface area contributed by atoms with Gasteiger partial charge in [-0.25, -0.2) is 4.39 Å². The summed E-state index contributed by atoms with van der Waals surface area (Å²) in [6.07, 6.45) is 4.78. The molecule has 5 heteroatoms. The molecule has 0 aliphatic rings. The number of hydrogen-bond acceptors (Lipinski definition) is 4. The normalized spacial score (nSPS) is 10.8. The summed E-state index contributed by atoms with van der Waals surface area (Å²) in [5.74, 6) is -0.0137. The molecule has 1 aromatic heterocycles. The van der Waals surface area contributed by atoms with E-state index < -0.39 is 0 Å². The van der Waals surface area contributed by atoms with Crippen molar-refractivity contribution in [3.8, 4) is 5.75 Å². The number of carbonyl (C=O) groups excluding carboxylic acids is 2. The number of benzene rings is 2. The molecule has 0 bridgehead atoms. The monoisotopic (exact) mass is 379 g/mol. The fourth-order valence-corrected chi connectivity index (χ4v) is 3.11. The van der Waals surface area contributed by atoms with Gasteiger partial charge in [0, 0.05) is 17.1 Å². The fourth-order valence-electron chi connectivity index (χ4n) is 3.11. The highest BCUT2D eigenvalue weighted by molar-refractivity contribution is 6.10. The lowest BCUT2D eigenvalue weighted by Crippen LogP contribution is -2.05. The van der Waals surface area contributed by atoms with Gasteiger partial charge >= 0.3 is 0 Å². The van der Waals surface area contributed by atoms with E-state index in [1.54, 1.807) is 24.4 Å². The Morgan fingerprint density at radius 2 is 1.93 bits per heavy atom. The Bertz CT molecular complexity index is 1010. The van der Waals surface area contributed by atoms with Crippen LogP contribution in [0, 0.1) is 5.82 Å². The SMILES string of the molecule is CCCCOc1c(C=O)cc(C(C)=O)c2cc(Cc3ccc(F)cc3)cnc12. The van der Waals surface area contributed by atoms with Crippen molar-refractivity contribution < 1.29 is 18.7 Å². The molecule has 4 nitrogen and oxygen atoms in total. The molecule has 144 valence electrons. The Morgan fingerprint density at radius 3 is 2.57 bits per heavy atom. The van der Waals surface area contributed by atoms with Crippen LogP contribution >= 0.6 is 0 Å². The number of pyridine rings is 1. The van der Waals surface area contributed by atoms with Gasteiger partial charge in [-0.1, -0.05) is 25.5 Å². The van der Waals surface area contributed by atoms with Crippen molar-refractivity contribution in [2.24, 2.45) is 0 Å². The average Bonchev–Trinajstić information content (AvgIpc) is 2.69. The number of fused-ring (bicyclic) bond motifs is 1. The number of ketones is 1. The van der Waals surface area contributed by atoms with Crippen LogP contribution in [-0.2, 0) is 6.42 Å². The first-order valence-electron chi connectivity index (χ1n) is 9.32. The molecule has 3 rings (SSSR count). The molecule has 0 atom stereocenters. The molecule has 0 N–H and O–H groups in total. The third-order valence-electron chi connectivity index (χ3n) is 4.58. The minimum absolute atomic E-state index is 0.144. The van der Waals surface area contributed by atoms with Crippen LogP contribution in [-0.4, -0.2) is 23.7 Å². The summed E-state index contributed by atoms with van der Waals surface area (Å²) < 4.78 is 19.0. The topological polar surface area (TPSA) is 56.3 Å². The molecule has 3 aromatic rings.